The second-order valence-corrected chi connectivity index (χ2v) is 5.62. The van der Waals surface area contributed by atoms with Crippen molar-refractivity contribution in [2.45, 2.75) is 18.8 Å². The summed E-state index contributed by atoms with van der Waals surface area (Å²) in [4.78, 5) is 29.2. The summed E-state index contributed by atoms with van der Waals surface area (Å²) in [6, 6.07) is 10.00. The molecule has 0 spiro atoms. The molecule has 1 aromatic carbocycles. The van der Waals surface area contributed by atoms with Crippen molar-refractivity contribution in [1.29, 1.82) is 0 Å². The molecule has 0 saturated carbocycles. The molecule has 0 unspecified atom stereocenters. The number of hydrogen-bond acceptors (Lipinski definition) is 5. The van der Waals surface area contributed by atoms with Gasteiger partial charge in [-0.15, -0.1) is 0 Å². The molecule has 7 heteroatoms. The number of carbonyl (C=O) groups is 2. The van der Waals surface area contributed by atoms with E-state index in [9.17, 15) is 9.59 Å². The number of benzene rings is 1. The molecule has 3 rings (SSSR count). The van der Waals surface area contributed by atoms with E-state index < -0.39 is 0 Å². The molecule has 2 atom stereocenters. The zero-order valence-corrected chi connectivity index (χ0v) is 12.8. The fraction of sp³-hybridized carbons (Fsp3) is 0.375. The molecule has 7 nitrogen and oxygen atoms in total. The van der Waals surface area contributed by atoms with E-state index in [1.807, 2.05) is 30.3 Å². The molecule has 120 valence electrons. The van der Waals surface area contributed by atoms with Crippen molar-refractivity contribution in [3.63, 3.8) is 0 Å². The smallest absolute Gasteiger partial charge is 0.242 e. The van der Waals surface area contributed by atoms with Crippen molar-refractivity contribution in [2.75, 3.05) is 19.6 Å². The fourth-order valence-corrected chi connectivity index (χ4v) is 2.96. The van der Waals surface area contributed by atoms with Gasteiger partial charge in [-0.05, 0) is 5.56 Å². The van der Waals surface area contributed by atoms with Gasteiger partial charge < -0.3 is 14.7 Å². The summed E-state index contributed by atoms with van der Waals surface area (Å²) in [6.45, 7) is 2.49. The van der Waals surface area contributed by atoms with Crippen LogP contribution < -0.4 is 5.32 Å². The van der Waals surface area contributed by atoms with Crippen LogP contribution in [-0.2, 0) is 9.59 Å². The summed E-state index contributed by atoms with van der Waals surface area (Å²) in [5, 5.41) is 6.49. The van der Waals surface area contributed by atoms with E-state index in [4.69, 9.17) is 4.52 Å². The van der Waals surface area contributed by atoms with Crippen LogP contribution in [0.2, 0.25) is 0 Å². The minimum atomic E-state index is -0.216. The first-order valence-corrected chi connectivity index (χ1v) is 7.48. The highest BCUT2D eigenvalue weighted by Gasteiger charge is 2.39. The van der Waals surface area contributed by atoms with E-state index in [-0.39, 0.29) is 30.2 Å². The first kappa shape index (κ1) is 15.2. The maximum atomic E-state index is 12.3. The van der Waals surface area contributed by atoms with Gasteiger partial charge in [0.05, 0.1) is 6.54 Å². The van der Waals surface area contributed by atoms with E-state index in [0.29, 0.717) is 18.9 Å². The standard InChI is InChI=1S/C16H18N4O3/c1-11(21)17-7-15(22)20-8-13(12-5-3-2-4-6-12)14(9-20)16-18-10-23-19-16/h2-6,10,13-14H,7-9H2,1H3,(H,17,21)/t13-,14-/m1/s1. The zero-order chi connectivity index (χ0) is 16.2. The van der Waals surface area contributed by atoms with Crippen LogP contribution in [0.3, 0.4) is 0 Å². The van der Waals surface area contributed by atoms with Gasteiger partial charge in [0, 0.05) is 31.8 Å². The van der Waals surface area contributed by atoms with Gasteiger partial charge in [-0.3, -0.25) is 9.59 Å². The second-order valence-electron chi connectivity index (χ2n) is 5.62. The van der Waals surface area contributed by atoms with Gasteiger partial charge in [0.1, 0.15) is 0 Å². The predicted molar refractivity (Wildman–Crippen MR) is 81.5 cm³/mol. The molecule has 0 radical (unpaired) electrons. The molecule has 1 saturated heterocycles. The van der Waals surface area contributed by atoms with Crippen molar-refractivity contribution in [3.8, 4) is 0 Å². The maximum Gasteiger partial charge on any atom is 0.242 e. The van der Waals surface area contributed by atoms with E-state index >= 15 is 0 Å². The second kappa shape index (κ2) is 6.60. The Labute approximate surface area is 133 Å². The summed E-state index contributed by atoms with van der Waals surface area (Å²) in [6.07, 6.45) is 1.30. The normalized spacial score (nSPS) is 20.5. The van der Waals surface area contributed by atoms with Crippen LogP contribution >= 0.6 is 0 Å². The average Bonchev–Trinajstić information content (AvgIpc) is 3.22. The third-order valence-corrected chi connectivity index (χ3v) is 4.10. The van der Waals surface area contributed by atoms with Gasteiger partial charge >= 0.3 is 0 Å². The van der Waals surface area contributed by atoms with Gasteiger partial charge in [0.2, 0.25) is 18.2 Å². The Balaban J connectivity index is 1.79. The molecule has 1 fully saturated rings. The minimum absolute atomic E-state index is 0.00973. The summed E-state index contributed by atoms with van der Waals surface area (Å²) in [7, 11) is 0. The zero-order valence-electron chi connectivity index (χ0n) is 12.8. The Kier molecular flexibility index (Phi) is 4.36. The SMILES string of the molecule is CC(=O)NCC(=O)N1C[C@H](c2ccccc2)[C@H](c2ncon2)C1. The monoisotopic (exact) mass is 314 g/mol. The minimum Gasteiger partial charge on any atom is -0.347 e. The largest absolute Gasteiger partial charge is 0.347 e. The molecule has 0 aliphatic carbocycles. The maximum absolute atomic E-state index is 12.3. The number of rotatable bonds is 4. The highest BCUT2D eigenvalue weighted by Crippen LogP contribution is 2.38. The molecule has 1 aliphatic heterocycles. The van der Waals surface area contributed by atoms with Crippen molar-refractivity contribution in [1.82, 2.24) is 20.4 Å². The van der Waals surface area contributed by atoms with Gasteiger partial charge in [-0.1, -0.05) is 35.5 Å². The molecule has 23 heavy (non-hydrogen) atoms. The number of nitrogens with zero attached hydrogens (tertiary/aromatic N) is 3. The van der Waals surface area contributed by atoms with E-state index in [1.165, 1.54) is 13.3 Å². The highest BCUT2D eigenvalue weighted by molar-refractivity contribution is 5.84. The molecular weight excluding hydrogens is 296 g/mol. The van der Waals surface area contributed by atoms with Crippen molar-refractivity contribution < 1.29 is 14.1 Å². The molecule has 1 aliphatic rings. The van der Waals surface area contributed by atoms with Crippen molar-refractivity contribution in [3.05, 3.63) is 48.1 Å². The molecular formula is C16H18N4O3. The van der Waals surface area contributed by atoms with Crippen molar-refractivity contribution in [2.24, 2.45) is 0 Å². The number of likely N-dealkylation sites (tertiary alicyclic amines) is 1. The predicted octanol–water partition coefficient (Wildman–Crippen LogP) is 0.915. The quantitative estimate of drug-likeness (QED) is 0.906. The molecule has 0 bridgehead atoms. The van der Waals surface area contributed by atoms with Crippen LogP contribution in [0.25, 0.3) is 0 Å². The van der Waals surface area contributed by atoms with Crippen LogP contribution in [0.5, 0.6) is 0 Å². The van der Waals surface area contributed by atoms with E-state index in [0.717, 1.165) is 5.56 Å². The van der Waals surface area contributed by atoms with E-state index in [2.05, 4.69) is 15.5 Å². The van der Waals surface area contributed by atoms with E-state index in [1.54, 1.807) is 4.90 Å². The molecule has 2 aromatic rings. The summed E-state index contributed by atoms with van der Waals surface area (Å²) in [5.41, 5.74) is 1.14. The number of carbonyl (C=O) groups excluding carboxylic acids is 2. The fourth-order valence-electron chi connectivity index (χ4n) is 2.96. The summed E-state index contributed by atoms with van der Waals surface area (Å²) < 4.78 is 4.86. The summed E-state index contributed by atoms with van der Waals surface area (Å²) >= 11 is 0. The molecule has 1 N–H and O–H groups in total. The number of aromatic nitrogens is 2. The van der Waals surface area contributed by atoms with Crippen LogP contribution in [0.1, 0.15) is 30.1 Å². The highest BCUT2D eigenvalue weighted by atomic mass is 16.5. The first-order chi connectivity index (χ1) is 11.1. The first-order valence-electron chi connectivity index (χ1n) is 7.48. The number of nitrogens with one attached hydrogen (secondary N) is 1. The Hall–Kier alpha value is -2.70. The van der Waals surface area contributed by atoms with Gasteiger partial charge in [0.15, 0.2) is 5.82 Å². The lowest BCUT2D eigenvalue weighted by Gasteiger charge is -2.16. The Morgan fingerprint density at radius 1 is 1.26 bits per heavy atom. The van der Waals surface area contributed by atoms with Crippen LogP contribution in [0.15, 0.2) is 41.2 Å². The lowest BCUT2D eigenvalue weighted by atomic mass is 9.88. The summed E-state index contributed by atoms with van der Waals surface area (Å²) in [5.74, 6) is 0.375. The molecule has 1 aromatic heterocycles. The third-order valence-electron chi connectivity index (χ3n) is 4.10. The lowest BCUT2D eigenvalue weighted by molar-refractivity contribution is -0.131. The Morgan fingerprint density at radius 2 is 2.00 bits per heavy atom. The van der Waals surface area contributed by atoms with Gasteiger partial charge in [-0.25, -0.2) is 0 Å². The number of amides is 2. The van der Waals surface area contributed by atoms with Gasteiger partial charge in [-0.2, -0.15) is 4.98 Å². The van der Waals surface area contributed by atoms with Crippen molar-refractivity contribution >= 4 is 11.8 Å². The third kappa shape index (κ3) is 3.39. The van der Waals surface area contributed by atoms with Crippen LogP contribution in [0, 0.1) is 0 Å². The lowest BCUT2D eigenvalue weighted by Crippen LogP contribution is -2.38. The number of hydrogen-bond donors (Lipinski definition) is 1. The molecule has 2 amide bonds. The Bertz CT molecular complexity index is 672. The Morgan fingerprint density at radius 3 is 2.65 bits per heavy atom. The van der Waals surface area contributed by atoms with Crippen LogP contribution in [-0.4, -0.2) is 46.5 Å². The van der Waals surface area contributed by atoms with Crippen LogP contribution in [0.4, 0.5) is 0 Å². The topological polar surface area (TPSA) is 88.3 Å². The average molecular weight is 314 g/mol. The molecule has 2 heterocycles. The van der Waals surface area contributed by atoms with Gasteiger partial charge in [0.25, 0.3) is 0 Å².